The smallest absolute Gasteiger partial charge is 0.141 e. The average molecular weight is 294 g/mol. The molecule has 21 heavy (non-hydrogen) atoms. The predicted octanol–water partition coefficient (Wildman–Crippen LogP) is 3.86. The van der Waals surface area contributed by atoms with E-state index in [-0.39, 0.29) is 0 Å². The maximum absolute atomic E-state index is 5.42. The quantitative estimate of drug-likeness (QED) is 0.676. The van der Waals surface area contributed by atoms with E-state index in [0.717, 1.165) is 25.2 Å². The van der Waals surface area contributed by atoms with Gasteiger partial charge < -0.3 is 9.64 Å². The molecule has 2 heterocycles. The van der Waals surface area contributed by atoms with E-state index in [4.69, 9.17) is 4.74 Å². The highest BCUT2D eigenvalue weighted by atomic mass is 16.5. The summed E-state index contributed by atoms with van der Waals surface area (Å²) in [5, 5.41) is 0. The molecule has 0 saturated carbocycles. The molecule has 0 spiro atoms. The molecule has 2 unspecified atom stereocenters. The standard InChI is InChI=1S/C18H34N2O/c1-3-5-8-18-14-17(9-12-20(18)11-6-4-2)15-19-10-7-13-21-16-19/h7,13,17-18H,3-6,8-12,14-16H2,1-2H3. The van der Waals surface area contributed by atoms with Crippen molar-refractivity contribution in [2.75, 3.05) is 32.9 Å². The molecule has 3 nitrogen and oxygen atoms in total. The first-order valence-electron chi connectivity index (χ1n) is 9.06. The van der Waals surface area contributed by atoms with Crippen molar-refractivity contribution in [2.24, 2.45) is 5.92 Å². The summed E-state index contributed by atoms with van der Waals surface area (Å²) in [5.74, 6) is 0.861. The van der Waals surface area contributed by atoms with Gasteiger partial charge in [-0.05, 0) is 50.8 Å². The number of hydrogen-bond acceptors (Lipinski definition) is 3. The fourth-order valence-corrected chi connectivity index (χ4v) is 3.70. The lowest BCUT2D eigenvalue weighted by Crippen LogP contribution is -2.46. The van der Waals surface area contributed by atoms with E-state index in [1.54, 1.807) is 0 Å². The lowest BCUT2D eigenvalue weighted by molar-refractivity contribution is 0.0407. The van der Waals surface area contributed by atoms with Crippen molar-refractivity contribution >= 4 is 0 Å². The van der Waals surface area contributed by atoms with Crippen molar-refractivity contribution < 1.29 is 4.74 Å². The minimum Gasteiger partial charge on any atom is -0.486 e. The minimum atomic E-state index is 0.784. The molecule has 0 aliphatic carbocycles. The van der Waals surface area contributed by atoms with Gasteiger partial charge in [-0.25, -0.2) is 0 Å². The van der Waals surface area contributed by atoms with Crippen molar-refractivity contribution in [3.05, 3.63) is 12.3 Å². The van der Waals surface area contributed by atoms with E-state index in [2.05, 4.69) is 29.7 Å². The fraction of sp³-hybridized carbons (Fsp3) is 0.889. The number of nitrogens with zero attached hydrogens (tertiary/aromatic N) is 2. The van der Waals surface area contributed by atoms with E-state index in [1.807, 2.05) is 6.26 Å². The Morgan fingerprint density at radius 2 is 2.05 bits per heavy atom. The first-order valence-corrected chi connectivity index (χ1v) is 9.06. The molecule has 2 aliphatic rings. The number of ether oxygens (including phenoxy) is 1. The largest absolute Gasteiger partial charge is 0.486 e. The molecule has 0 aromatic rings. The van der Waals surface area contributed by atoms with E-state index >= 15 is 0 Å². The first-order chi connectivity index (χ1) is 10.3. The van der Waals surface area contributed by atoms with Crippen molar-refractivity contribution in [1.29, 1.82) is 0 Å². The highest BCUT2D eigenvalue weighted by Gasteiger charge is 2.28. The zero-order valence-electron chi connectivity index (χ0n) is 14.1. The first kappa shape index (κ1) is 16.8. The van der Waals surface area contributed by atoms with Gasteiger partial charge in [-0.1, -0.05) is 33.1 Å². The molecule has 1 saturated heterocycles. The second-order valence-corrected chi connectivity index (χ2v) is 6.78. The van der Waals surface area contributed by atoms with Crippen LogP contribution in [-0.4, -0.2) is 48.8 Å². The predicted molar refractivity (Wildman–Crippen MR) is 89.2 cm³/mol. The topological polar surface area (TPSA) is 15.7 Å². The molecule has 0 N–H and O–H groups in total. The second kappa shape index (κ2) is 9.47. The summed E-state index contributed by atoms with van der Waals surface area (Å²) < 4.78 is 5.42. The lowest BCUT2D eigenvalue weighted by atomic mass is 9.87. The minimum absolute atomic E-state index is 0.784. The molecular formula is C18H34N2O. The second-order valence-electron chi connectivity index (χ2n) is 6.78. The van der Waals surface area contributed by atoms with Gasteiger partial charge in [0.2, 0.25) is 0 Å². The van der Waals surface area contributed by atoms with Gasteiger partial charge in [0.25, 0.3) is 0 Å². The van der Waals surface area contributed by atoms with Gasteiger partial charge in [0.05, 0.1) is 6.26 Å². The van der Waals surface area contributed by atoms with Crippen LogP contribution in [0.15, 0.2) is 12.3 Å². The number of piperidine rings is 1. The summed E-state index contributed by atoms with van der Waals surface area (Å²) in [5.41, 5.74) is 0. The summed E-state index contributed by atoms with van der Waals surface area (Å²) in [6.07, 6.45) is 13.5. The van der Waals surface area contributed by atoms with Gasteiger partial charge in [-0.2, -0.15) is 0 Å². The summed E-state index contributed by atoms with van der Waals surface area (Å²) in [6, 6.07) is 0.830. The van der Waals surface area contributed by atoms with Crippen molar-refractivity contribution in [1.82, 2.24) is 9.80 Å². The van der Waals surface area contributed by atoms with Crippen LogP contribution < -0.4 is 0 Å². The van der Waals surface area contributed by atoms with E-state index in [1.165, 1.54) is 64.6 Å². The van der Waals surface area contributed by atoms with Crippen molar-refractivity contribution in [3.8, 4) is 0 Å². The zero-order valence-corrected chi connectivity index (χ0v) is 14.1. The highest BCUT2D eigenvalue weighted by molar-refractivity contribution is 4.86. The summed E-state index contributed by atoms with van der Waals surface area (Å²) in [7, 11) is 0. The fourth-order valence-electron chi connectivity index (χ4n) is 3.70. The van der Waals surface area contributed by atoms with Gasteiger partial charge in [0, 0.05) is 19.1 Å². The Morgan fingerprint density at radius 3 is 2.76 bits per heavy atom. The van der Waals surface area contributed by atoms with Crippen LogP contribution in [0.5, 0.6) is 0 Å². The van der Waals surface area contributed by atoms with Crippen LogP contribution in [0, 0.1) is 5.92 Å². The number of unbranched alkanes of at least 4 members (excludes halogenated alkanes) is 2. The molecule has 3 heteroatoms. The molecule has 0 aromatic heterocycles. The molecule has 1 fully saturated rings. The Hall–Kier alpha value is -0.540. The van der Waals surface area contributed by atoms with Crippen molar-refractivity contribution in [3.63, 3.8) is 0 Å². The van der Waals surface area contributed by atoms with Gasteiger partial charge in [-0.15, -0.1) is 0 Å². The maximum Gasteiger partial charge on any atom is 0.141 e. The van der Waals surface area contributed by atoms with Crippen molar-refractivity contribution in [2.45, 2.75) is 64.8 Å². The lowest BCUT2D eigenvalue weighted by Gasteiger charge is -2.41. The van der Waals surface area contributed by atoms with Crippen LogP contribution in [0.3, 0.4) is 0 Å². The Kier molecular flexibility index (Phi) is 7.59. The molecule has 0 bridgehead atoms. The van der Waals surface area contributed by atoms with E-state index < -0.39 is 0 Å². The van der Waals surface area contributed by atoms with Crippen LogP contribution in [0.25, 0.3) is 0 Å². The normalized spacial score (nSPS) is 27.7. The van der Waals surface area contributed by atoms with Crippen LogP contribution in [0.1, 0.15) is 58.8 Å². The Labute approximate surface area is 131 Å². The van der Waals surface area contributed by atoms with Gasteiger partial charge >= 0.3 is 0 Å². The molecule has 2 rings (SSSR count). The zero-order chi connectivity index (χ0) is 14.9. The molecular weight excluding hydrogens is 260 g/mol. The number of rotatable bonds is 8. The monoisotopic (exact) mass is 294 g/mol. The van der Waals surface area contributed by atoms with E-state index in [0.29, 0.717) is 0 Å². The van der Waals surface area contributed by atoms with Crippen LogP contribution in [0.4, 0.5) is 0 Å². The van der Waals surface area contributed by atoms with Crippen LogP contribution in [0.2, 0.25) is 0 Å². The third-order valence-corrected chi connectivity index (χ3v) is 4.97. The molecule has 0 amide bonds. The third-order valence-electron chi connectivity index (χ3n) is 4.97. The van der Waals surface area contributed by atoms with Crippen LogP contribution >= 0.6 is 0 Å². The van der Waals surface area contributed by atoms with E-state index in [9.17, 15) is 0 Å². The van der Waals surface area contributed by atoms with Crippen LogP contribution in [-0.2, 0) is 4.74 Å². The number of likely N-dealkylation sites (tertiary alicyclic amines) is 1. The summed E-state index contributed by atoms with van der Waals surface area (Å²) in [4.78, 5) is 5.23. The van der Waals surface area contributed by atoms with Gasteiger partial charge in [0.15, 0.2) is 0 Å². The molecule has 122 valence electrons. The SMILES string of the molecule is CCCCC1CC(CN2CC=COC2)CCN1CCCC. The Balaban J connectivity index is 1.81. The summed E-state index contributed by atoms with van der Waals surface area (Å²) >= 11 is 0. The Bertz CT molecular complexity index is 306. The molecule has 0 radical (unpaired) electrons. The highest BCUT2D eigenvalue weighted by Crippen LogP contribution is 2.27. The molecule has 2 atom stereocenters. The molecule has 0 aromatic carbocycles. The molecule has 2 aliphatic heterocycles. The summed E-state index contributed by atoms with van der Waals surface area (Å²) in [6.45, 7) is 10.3. The van der Waals surface area contributed by atoms with Gasteiger partial charge in [0.1, 0.15) is 6.73 Å². The third kappa shape index (κ3) is 5.63. The van der Waals surface area contributed by atoms with Gasteiger partial charge in [-0.3, -0.25) is 4.90 Å². The number of hydrogen-bond donors (Lipinski definition) is 0. The maximum atomic E-state index is 5.42. The average Bonchev–Trinajstić information content (AvgIpc) is 2.53. The Morgan fingerprint density at radius 1 is 1.19 bits per heavy atom.